The van der Waals surface area contributed by atoms with Gasteiger partial charge in [0.25, 0.3) is 10.2 Å². The third-order valence-electron chi connectivity index (χ3n) is 6.79. The Morgan fingerprint density at radius 2 is 1.44 bits per heavy atom. The van der Waals surface area contributed by atoms with Crippen molar-refractivity contribution in [3.8, 4) is 0 Å². The Morgan fingerprint density at radius 3 is 2.06 bits per heavy atom. The summed E-state index contributed by atoms with van der Waals surface area (Å²) in [4.78, 5) is 26.3. The van der Waals surface area contributed by atoms with Gasteiger partial charge in [-0.15, -0.1) is 0 Å². The Bertz CT molecular complexity index is 888. The highest BCUT2D eigenvalue weighted by Gasteiger charge is 2.36. The van der Waals surface area contributed by atoms with Gasteiger partial charge in [0.2, 0.25) is 11.9 Å². The molecule has 1 atom stereocenters. The third kappa shape index (κ3) is 5.23. The molecular weight excluding hydrogens is 428 g/mol. The number of nitrogens with zero attached hydrogens (tertiary/aromatic N) is 6. The van der Waals surface area contributed by atoms with E-state index in [4.69, 9.17) is 0 Å². The number of piperidine rings is 1. The maximum atomic E-state index is 13.2. The average Bonchev–Trinajstić information content (AvgIpc) is 3.08. The van der Waals surface area contributed by atoms with E-state index in [9.17, 15) is 13.2 Å². The van der Waals surface area contributed by atoms with Crippen molar-refractivity contribution < 1.29 is 13.2 Å². The van der Waals surface area contributed by atoms with Gasteiger partial charge in [-0.05, 0) is 45.6 Å². The van der Waals surface area contributed by atoms with Gasteiger partial charge in [0.05, 0.1) is 5.92 Å². The maximum absolute atomic E-state index is 13.2. The first kappa shape index (κ1) is 23.4. The van der Waals surface area contributed by atoms with Crippen LogP contribution in [0.15, 0.2) is 6.07 Å². The Hall–Kier alpha value is -1.78. The second-order valence-corrected chi connectivity index (χ2v) is 11.2. The van der Waals surface area contributed by atoms with Gasteiger partial charge in [0.15, 0.2) is 0 Å². The molecule has 0 N–H and O–H groups in total. The Balaban J connectivity index is 1.34. The van der Waals surface area contributed by atoms with Crippen LogP contribution < -0.4 is 4.90 Å². The van der Waals surface area contributed by atoms with Crippen LogP contribution in [0, 0.1) is 19.8 Å². The first-order chi connectivity index (χ1) is 15.3. The summed E-state index contributed by atoms with van der Waals surface area (Å²) in [7, 11) is -3.43. The molecule has 9 nitrogen and oxygen atoms in total. The molecule has 0 saturated carbocycles. The van der Waals surface area contributed by atoms with Gasteiger partial charge in [-0.3, -0.25) is 4.79 Å². The minimum atomic E-state index is -3.43. The van der Waals surface area contributed by atoms with Crippen LogP contribution in [0.1, 0.15) is 49.9 Å². The summed E-state index contributed by atoms with van der Waals surface area (Å²) in [5.41, 5.74) is 1.87. The van der Waals surface area contributed by atoms with Crippen molar-refractivity contribution in [2.45, 2.75) is 52.4 Å². The highest BCUT2D eigenvalue weighted by molar-refractivity contribution is 7.86. The molecular formula is C22H36N6O3S. The minimum Gasteiger partial charge on any atom is -0.340 e. The second-order valence-electron chi connectivity index (χ2n) is 9.28. The summed E-state index contributed by atoms with van der Waals surface area (Å²) >= 11 is 0. The van der Waals surface area contributed by atoms with Crippen LogP contribution in [0.5, 0.6) is 0 Å². The van der Waals surface area contributed by atoms with Crippen LogP contribution in [-0.4, -0.2) is 90.2 Å². The van der Waals surface area contributed by atoms with E-state index in [-0.39, 0.29) is 11.8 Å². The molecule has 0 aromatic carbocycles. The number of rotatable bonds is 4. The predicted octanol–water partition coefficient (Wildman–Crippen LogP) is 1.57. The molecule has 1 aromatic heterocycles. The summed E-state index contributed by atoms with van der Waals surface area (Å²) in [6, 6.07) is 1.95. The second kappa shape index (κ2) is 10.0. The van der Waals surface area contributed by atoms with Gasteiger partial charge in [-0.2, -0.15) is 17.0 Å². The zero-order valence-corrected chi connectivity index (χ0v) is 20.2. The van der Waals surface area contributed by atoms with E-state index in [1.807, 2.05) is 24.8 Å². The van der Waals surface area contributed by atoms with Gasteiger partial charge in [-0.1, -0.05) is 12.8 Å². The highest BCUT2D eigenvalue weighted by atomic mass is 32.2. The fourth-order valence-electron chi connectivity index (χ4n) is 5.04. The fourth-order valence-corrected chi connectivity index (χ4v) is 6.71. The zero-order chi connectivity index (χ0) is 22.7. The van der Waals surface area contributed by atoms with E-state index in [0.29, 0.717) is 51.8 Å². The number of anilines is 1. The summed E-state index contributed by atoms with van der Waals surface area (Å²) in [6.45, 7) is 8.30. The molecule has 3 saturated heterocycles. The molecule has 1 amide bonds. The number of hydrogen-bond acceptors (Lipinski definition) is 6. The topological polar surface area (TPSA) is 90.0 Å². The summed E-state index contributed by atoms with van der Waals surface area (Å²) in [6.07, 6.45) is 5.84. The van der Waals surface area contributed by atoms with Crippen molar-refractivity contribution in [1.29, 1.82) is 0 Å². The van der Waals surface area contributed by atoms with E-state index in [0.717, 1.165) is 56.5 Å². The molecule has 32 heavy (non-hydrogen) atoms. The van der Waals surface area contributed by atoms with E-state index in [1.54, 1.807) is 8.61 Å². The lowest BCUT2D eigenvalue weighted by molar-refractivity contribution is -0.137. The van der Waals surface area contributed by atoms with Gasteiger partial charge >= 0.3 is 0 Å². The van der Waals surface area contributed by atoms with Gasteiger partial charge in [-0.25, -0.2) is 9.97 Å². The molecule has 3 fully saturated rings. The lowest BCUT2D eigenvalue weighted by Gasteiger charge is -2.39. The van der Waals surface area contributed by atoms with Crippen LogP contribution in [-0.2, 0) is 15.0 Å². The van der Waals surface area contributed by atoms with Crippen molar-refractivity contribution in [1.82, 2.24) is 23.5 Å². The predicted molar refractivity (Wildman–Crippen MR) is 124 cm³/mol. The monoisotopic (exact) mass is 464 g/mol. The lowest BCUT2D eigenvalue weighted by Crippen LogP contribution is -2.56. The smallest absolute Gasteiger partial charge is 0.282 e. The molecule has 10 heteroatoms. The molecule has 4 heterocycles. The van der Waals surface area contributed by atoms with Gasteiger partial charge in [0, 0.05) is 63.7 Å². The maximum Gasteiger partial charge on any atom is 0.282 e. The van der Waals surface area contributed by atoms with Crippen LogP contribution in [0.2, 0.25) is 0 Å². The molecule has 4 rings (SSSR count). The molecule has 3 aliphatic rings. The number of aromatic nitrogens is 2. The van der Waals surface area contributed by atoms with Crippen molar-refractivity contribution in [2.75, 3.05) is 57.3 Å². The average molecular weight is 465 g/mol. The number of carbonyl (C=O) groups excluding carboxylic acids is 1. The molecule has 0 aliphatic carbocycles. The number of carbonyl (C=O) groups is 1. The summed E-state index contributed by atoms with van der Waals surface area (Å²) < 4.78 is 29.3. The van der Waals surface area contributed by atoms with Crippen LogP contribution in [0.25, 0.3) is 0 Å². The number of amides is 1. The Labute approximate surface area is 192 Å². The quantitative estimate of drug-likeness (QED) is 0.672. The first-order valence-corrected chi connectivity index (χ1v) is 13.4. The normalized spacial score (nSPS) is 24.4. The number of piperazine rings is 1. The van der Waals surface area contributed by atoms with Gasteiger partial charge in [0.1, 0.15) is 0 Å². The molecule has 0 spiro atoms. The molecule has 1 unspecified atom stereocenters. The largest absolute Gasteiger partial charge is 0.340 e. The van der Waals surface area contributed by atoms with Crippen LogP contribution in [0.4, 0.5) is 5.95 Å². The van der Waals surface area contributed by atoms with Crippen molar-refractivity contribution in [3.63, 3.8) is 0 Å². The van der Waals surface area contributed by atoms with Crippen LogP contribution in [0.3, 0.4) is 0 Å². The van der Waals surface area contributed by atoms with E-state index in [2.05, 4.69) is 14.9 Å². The molecule has 1 aromatic rings. The van der Waals surface area contributed by atoms with E-state index >= 15 is 0 Å². The summed E-state index contributed by atoms with van der Waals surface area (Å²) in [5, 5.41) is 0. The fraction of sp³-hybridized carbons (Fsp3) is 0.773. The number of hydrogen-bond donors (Lipinski definition) is 0. The van der Waals surface area contributed by atoms with Crippen molar-refractivity contribution in [3.05, 3.63) is 17.5 Å². The first-order valence-electron chi connectivity index (χ1n) is 12.0. The molecule has 178 valence electrons. The molecule has 3 aliphatic heterocycles. The third-order valence-corrected chi connectivity index (χ3v) is 8.83. The number of aryl methyl sites for hydroxylation is 2. The van der Waals surface area contributed by atoms with E-state index < -0.39 is 10.2 Å². The van der Waals surface area contributed by atoms with Crippen LogP contribution >= 0.6 is 0 Å². The zero-order valence-electron chi connectivity index (χ0n) is 19.4. The lowest BCUT2D eigenvalue weighted by atomic mass is 9.96. The summed E-state index contributed by atoms with van der Waals surface area (Å²) in [5.74, 6) is 0.737. The molecule has 0 bridgehead atoms. The standard InChI is InChI=1S/C22H36N6O3S/c1-18-16-19(2)24-22(23-18)26-9-7-8-20(17-26)21(29)25-12-14-28(15-13-25)32(30,31)27-10-5-3-4-6-11-27/h16,20H,3-15,17H2,1-2H3. The van der Waals surface area contributed by atoms with Crippen molar-refractivity contribution >= 4 is 22.1 Å². The Kier molecular flexibility index (Phi) is 7.31. The SMILES string of the molecule is Cc1cc(C)nc(N2CCCC(C(=O)N3CCN(S(=O)(=O)N4CCCCCC4)CC3)C2)n1. The highest BCUT2D eigenvalue weighted by Crippen LogP contribution is 2.24. The van der Waals surface area contributed by atoms with Gasteiger partial charge < -0.3 is 9.80 Å². The van der Waals surface area contributed by atoms with E-state index in [1.165, 1.54) is 0 Å². The minimum absolute atomic E-state index is 0.0954. The Morgan fingerprint density at radius 1 is 0.844 bits per heavy atom. The molecule has 0 radical (unpaired) electrons. The van der Waals surface area contributed by atoms with Crippen molar-refractivity contribution in [2.24, 2.45) is 5.92 Å².